The van der Waals surface area contributed by atoms with Crippen LogP contribution in [0.1, 0.15) is 51.9 Å². The quantitative estimate of drug-likeness (QED) is 0.584. The van der Waals surface area contributed by atoms with Crippen molar-refractivity contribution in [1.82, 2.24) is 4.90 Å². The minimum atomic E-state index is -0.869. The number of rotatable bonds is 4. The van der Waals surface area contributed by atoms with Gasteiger partial charge in [-0.15, -0.1) is 0 Å². The van der Waals surface area contributed by atoms with E-state index < -0.39 is 35.5 Å². The van der Waals surface area contributed by atoms with Gasteiger partial charge in [0, 0.05) is 0 Å². The first-order valence-electron chi connectivity index (χ1n) is 9.10. The fraction of sp³-hybridized carbons (Fsp3) is 0.524. The van der Waals surface area contributed by atoms with E-state index in [4.69, 9.17) is 14.2 Å². The van der Waals surface area contributed by atoms with E-state index in [1.54, 1.807) is 50.3 Å². The molecule has 2 rings (SSSR count). The van der Waals surface area contributed by atoms with Crippen LogP contribution in [0.2, 0.25) is 0 Å². The molecule has 0 aliphatic carbocycles. The second kappa shape index (κ2) is 8.13. The average molecular weight is 375 g/mol. The summed E-state index contributed by atoms with van der Waals surface area (Å²) in [4.78, 5) is 26.8. The van der Waals surface area contributed by atoms with Gasteiger partial charge in [0.25, 0.3) is 0 Å². The Morgan fingerprint density at radius 3 is 2.44 bits per heavy atom. The van der Waals surface area contributed by atoms with Crippen LogP contribution in [-0.2, 0) is 14.2 Å². The largest absolute Gasteiger partial charge is 0.452 e. The number of ether oxygens (including phenoxy) is 3. The summed E-state index contributed by atoms with van der Waals surface area (Å²) >= 11 is 0. The molecule has 2 unspecified atom stereocenters. The third kappa shape index (κ3) is 5.32. The van der Waals surface area contributed by atoms with Crippen molar-refractivity contribution in [2.45, 2.75) is 65.0 Å². The number of hydrogen-bond acceptors (Lipinski definition) is 5. The lowest BCUT2D eigenvalue weighted by Crippen LogP contribution is -2.53. The molecule has 0 aromatic heterocycles. The van der Waals surface area contributed by atoms with Gasteiger partial charge in [0.1, 0.15) is 23.5 Å². The highest BCUT2D eigenvalue weighted by atomic mass is 16.6. The second-order valence-electron chi connectivity index (χ2n) is 7.94. The summed E-state index contributed by atoms with van der Waals surface area (Å²) < 4.78 is 17.1. The van der Waals surface area contributed by atoms with Crippen molar-refractivity contribution < 1.29 is 23.8 Å². The minimum absolute atomic E-state index is 0.239. The highest BCUT2D eigenvalue weighted by molar-refractivity contribution is 5.89. The molecular weight excluding hydrogens is 346 g/mol. The van der Waals surface area contributed by atoms with Crippen molar-refractivity contribution in [3.63, 3.8) is 0 Å². The Labute approximate surface area is 161 Å². The van der Waals surface area contributed by atoms with E-state index in [9.17, 15) is 9.59 Å². The molecule has 6 heteroatoms. The number of allylic oxidation sites excluding steroid dienone is 1. The van der Waals surface area contributed by atoms with Crippen LogP contribution in [0.15, 0.2) is 42.5 Å². The molecule has 1 saturated heterocycles. The summed E-state index contributed by atoms with van der Waals surface area (Å²) in [5, 5.41) is 0. The van der Waals surface area contributed by atoms with Crippen LogP contribution in [0.4, 0.5) is 4.79 Å². The van der Waals surface area contributed by atoms with Crippen molar-refractivity contribution in [3.8, 4) is 0 Å². The van der Waals surface area contributed by atoms with Crippen molar-refractivity contribution in [3.05, 3.63) is 48.0 Å². The molecule has 1 amide bonds. The van der Waals surface area contributed by atoms with Gasteiger partial charge in [-0.2, -0.15) is 0 Å². The van der Waals surface area contributed by atoms with Gasteiger partial charge in [-0.1, -0.05) is 24.3 Å². The molecular formula is C21H29NO5. The molecule has 27 heavy (non-hydrogen) atoms. The topological polar surface area (TPSA) is 65.1 Å². The second-order valence-corrected chi connectivity index (χ2v) is 7.94. The maximum Gasteiger partial charge on any atom is 0.413 e. The van der Waals surface area contributed by atoms with Gasteiger partial charge in [-0.05, 0) is 59.8 Å². The molecule has 148 valence electrons. The molecule has 0 N–H and O–H groups in total. The summed E-state index contributed by atoms with van der Waals surface area (Å²) in [7, 11) is 0. The first-order valence-corrected chi connectivity index (χ1v) is 9.10. The number of hydrogen-bond donors (Lipinski definition) is 0. The Morgan fingerprint density at radius 1 is 1.26 bits per heavy atom. The monoisotopic (exact) mass is 375 g/mol. The van der Waals surface area contributed by atoms with Gasteiger partial charge in [0.05, 0.1) is 12.2 Å². The lowest BCUT2D eigenvalue weighted by Gasteiger charge is -2.36. The number of esters is 1. The van der Waals surface area contributed by atoms with Crippen molar-refractivity contribution in [2.75, 3.05) is 6.61 Å². The zero-order valence-corrected chi connectivity index (χ0v) is 16.9. The summed E-state index contributed by atoms with van der Waals surface area (Å²) in [6, 6.07) is 8.27. The lowest BCUT2D eigenvalue weighted by atomic mass is 10.1. The zero-order chi connectivity index (χ0) is 20.2. The predicted molar refractivity (Wildman–Crippen MR) is 102 cm³/mol. The van der Waals surface area contributed by atoms with Crippen molar-refractivity contribution in [2.24, 2.45) is 0 Å². The number of carbonyl (C=O) groups excluding carboxylic acids is 2. The van der Waals surface area contributed by atoms with Crippen LogP contribution in [0.5, 0.6) is 0 Å². The first-order chi connectivity index (χ1) is 12.5. The van der Waals surface area contributed by atoms with E-state index in [1.165, 1.54) is 4.90 Å². The molecule has 0 radical (unpaired) electrons. The Kier molecular flexibility index (Phi) is 6.31. The van der Waals surface area contributed by atoms with Gasteiger partial charge in [0.2, 0.25) is 0 Å². The highest BCUT2D eigenvalue weighted by Crippen LogP contribution is 2.32. The first kappa shape index (κ1) is 21.0. The molecule has 2 atom stereocenters. The van der Waals surface area contributed by atoms with Gasteiger partial charge < -0.3 is 14.2 Å². The molecule has 1 fully saturated rings. The molecule has 0 bridgehead atoms. The van der Waals surface area contributed by atoms with Crippen LogP contribution >= 0.6 is 0 Å². The average Bonchev–Trinajstić information content (AvgIpc) is 2.89. The summed E-state index contributed by atoms with van der Waals surface area (Å²) in [6.07, 6.45) is 2.40. The normalized spacial score (nSPS) is 20.5. The summed E-state index contributed by atoms with van der Waals surface area (Å²) in [5.74, 6) is -0.451. The Balaban J connectivity index is 2.26. The standard InChI is InChI=1S/C21H29NO5/c1-7-11-17(26-18(23)15-12-9-8-10-13-15)16-14-25-21(5,6)22(16)19(24)27-20(2,3)4/h7-13,16-17H,14H2,1-6H3/b11-7+. The maximum absolute atomic E-state index is 12.8. The van der Waals surface area contributed by atoms with E-state index >= 15 is 0 Å². The molecule has 1 aromatic rings. The smallest absolute Gasteiger partial charge is 0.413 e. The van der Waals surface area contributed by atoms with Gasteiger partial charge >= 0.3 is 12.1 Å². The molecule has 0 saturated carbocycles. The molecule has 6 nitrogen and oxygen atoms in total. The Morgan fingerprint density at radius 2 is 1.89 bits per heavy atom. The fourth-order valence-corrected chi connectivity index (χ4v) is 2.94. The Hall–Kier alpha value is -2.34. The van der Waals surface area contributed by atoms with E-state index in [-0.39, 0.29) is 6.61 Å². The van der Waals surface area contributed by atoms with Crippen LogP contribution in [-0.4, -0.2) is 47.0 Å². The fourth-order valence-electron chi connectivity index (χ4n) is 2.94. The third-order valence-electron chi connectivity index (χ3n) is 4.12. The molecule has 1 aliphatic rings. The predicted octanol–water partition coefficient (Wildman–Crippen LogP) is 4.16. The number of amides is 1. The van der Waals surface area contributed by atoms with Crippen LogP contribution in [0.3, 0.4) is 0 Å². The van der Waals surface area contributed by atoms with Crippen LogP contribution in [0.25, 0.3) is 0 Å². The summed E-state index contributed by atoms with van der Waals surface area (Å²) in [5.41, 5.74) is -1.06. The van der Waals surface area contributed by atoms with E-state index in [1.807, 2.05) is 33.8 Å². The van der Waals surface area contributed by atoms with Crippen molar-refractivity contribution in [1.29, 1.82) is 0 Å². The summed E-state index contributed by atoms with van der Waals surface area (Å²) in [6.45, 7) is 11.1. The Bertz CT molecular complexity index is 690. The van der Waals surface area contributed by atoms with Gasteiger partial charge in [-0.3, -0.25) is 4.90 Å². The zero-order valence-electron chi connectivity index (χ0n) is 16.9. The van der Waals surface area contributed by atoms with Gasteiger partial charge in [0.15, 0.2) is 0 Å². The molecule has 0 spiro atoms. The van der Waals surface area contributed by atoms with E-state index in [2.05, 4.69) is 0 Å². The number of nitrogens with zero attached hydrogens (tertiary/aromatic N) is 1. The third-order valence-corrected chi connectivity index (χ3v) is 4.12. The SMILES string of the molecule is C/C=C/C(OC(=O)c1ccccc1)C1COC(C)(C)N1C(=O)OC(C)(C)C. The van der Waals surface area contributed by atoms with E-state index in [0.717, 1.165) is 0 Å². The lowest BCUT2D eigenvalue weighted by molar-refractivity contribution is -0.0671. The van der Waals surface area contributed by atoms with Crippen molar-refractivity contribution >= 4 is 12.1 Å². The molecule has 1 heterocycles. The van der Waals surface area contributed by atoms with Crippen LogP contribution in [0, 0.1) is 0 Å². The highest BCUT2D eigenvalue weighted by Gasteiger charge is 2.49. The van der Waals surface area contributed by atoms with E-state index in [0.29, 0.717) is 5.56 Å². The maximum atomic E-state index is 12.8. The van der Waals surface area contributed by atoms with Gasteiger partial charge in [-0.25, -0.2) is 9.59 Å². The molecule has 1 aliphatic heterocycles. The number of benzene rings is 1. The number of carbonyl (C=O) groups is 2. The van der Waals surface area contributed by atoms with Crippen LogP contribution < -0.4 is 0 Å². The molecule has 1 aromatic carbocycles. The minimum Gasteiger partial charge on any atom is -0.452 e.